The maximum Gasteiger partial charge on any atom is 0.229 e. The van der Waals surface area contributed by atoms with Crippen LogP contribution >= 0.6 is 11.8 Å². The van der Waals surface area contributed by atoms with Gasteiger partial charge in [-0.2, -0.15) is 0 Å². The lowest BCUT2D eigenvalue weighted by molar-refractivity contribution is 0.0961. The second-order valence-corrected chi connectivity index (χ2v) is 8.33. The molecule has 0 unspecified atom stereocenters. The van der Waals surface area contributed by atoms with Gasteiger partial charge in [0.1, 0.15) is 5.75 Å². The molecule has 0 aliphatic carbocycles. The van der Waals surface area contributed by atoms with Crippen LogP contribution in [-0.2, 0) is 16.4 Å². The average Bonchev–Trinajstić information content (AvgIpc) is 2.87. The first kappa shape index (κ1) is 16.9. The summed E-state index contributed by atoms with van der Waals surface area (Å²) in [5.74, 6) is 0.320. The molecule has 1 N–H and O–H groups in total. The Labute approximate surface area is 145 Å². The van der Waals surface area contributed by atoms with E-state index >= 15 is 0 Å². The average molecular weight is 363 g/mol. The van der Waals surface area contributed by atoms with Crippen LogP contribution in [-0.4, -0.2) is 27.1 Å². The molecular weight excluding hydrogens is 346 g/mol. The van der Waals surface area contributed by atoms with Crippen molar-refractivity contribution in [3.63, 3.8) is 0 Å². The van der Waals surface area contributed by atoms with E-state index in [2.05, 4.69) is 11.6 Å². The molecule has 0 radical (unpaired) electrons. The van der Waals surface area contributed by atoms with Gasteiger partial charge in [-0.05, 0) is 24.1 Å². The van der Waals surface area contributed by atoms with Gasteiger partial charge in [-0.3, -0.25) is 9.52 Å². The third-order valence-electron chi connectivity index (χ3n) is 3.61. The first-order valence-corrected chi connectivity index (χ1v) is 10.2. The molecule has 126 valence electrons. The number of hydrogen-bond donors (Lipinski definition) is 1. The highest BCUT2D eigenvalue weighted by molar-refractivity contribution is 7.99. The number of sulfonamides is 1. The molecule has 3 rings (SSSR count). The summed E-state index contributed by atoms with van der Waals surface area (Å²) in [6, 6.07) is 11.2. The molecule has 0 amide bonds. The van der Waals surface area contributed by atoms with Crippen molar-refractivity contribution < 1.29 is 17.9 Å². The first-order valence-electron chi connectivity index (χ1n) is 7.45. The molecule has 0 saturated heterocycles. The minimum atomic E-state index is -3.44. The van der Waals surface area contributed by atoms with Crippen molar-refractivity contribution in [3.05, 3.63) is 47.5 Å². The third kappa shape index (κ3) is 3.57. The number of rotatable bonds is 5. The molecule has 0 fully saturated rings. The highest BCUT2D eigenvalue weighted by Gasteiger charge is 2.24. The minimum absolute atomic E-state index is 0.00663. The van der Waals surface area contributed by atoms with Crippen molar-refractivity contribution in [1.82, 2.24) is 0 Å². The van der Waals surface area contributed by atoms with Crippen LogP contribution < -0.4 is 9.46 Å². The molecule has 1 heterocycles. The fourth-order valence-corrected chi connectivity index (χ4v) is 4.25. The van der Waals surface area contributed by atoms with Crippen LogP contribution in [0.3, 0.4) is 0 Å². The van der Waals surface area contributed by atoms with E-state index in [9.17, 15) is 13.2 Å². The molecule has 2 aromatic rings. The van der Waals surface area contributed by atoms with Crippen LogP contribution in [0, 0.1) is 0 Å². The largest absolute Gasteiger partial charge is 0.485 e. The molecule has 1 aliphatic heterocycles. The molecule has 0 spiro atoms. The zero-order valence-corrected chi connectivity index (χ0v) is 15.0. The number of aryl methyl sites for hydroxylation is 1. The van der Waals surface area contributed by atoms with Gasteiger partial charge in [-0.1, -0.05) is 36.9 Å². The molecular formula is C17H17NO4S2. The number of benzene rings is 2. The number of ketones is 1. The van der Waals surface area contributed by atoms with E-state index in [1.54, 1.807) is 12.1 Å². The van der Waals surface area contributed by atoms with Gasteiger partial charge >= 0.3 is 0 Å². The van der Waals surface area contributed by atoms with Gasteiger partial charge in [0.25, 0.3) is 0 Å². The van der Waals surface area contributed by atoms with Crippen molar-refractivity contribution in [2.45, 2.75) is 23.1 Å². The molecule has 24 heavy (non-hydrogen) atoms. The zero-order chi connectivity index (χ0) is 17.3. The number of anilines is 1. The fraction of sp³-hybridized carbons (Fsp3) is 0.235. The van der Waals surface area contributed by atoms with Gasteiger partial charge in [0.2, 0.25) is 15.8 Å². The number of Topliss-reactive ketones (excluding diaryl/α,β-unsaturated/α-hetero) is 1. The Balaban J connectivity index is 2.07. The summed E-state index contributed by atoms with van der Waals surface area (Å²) in [4.78, 5) is 13.6. The lowest BCUT2D eigenvalue weighted by atomic mass is 10.1. The Kier molecular flexibility index (Phi) is 4.56. The second kappa shape index (κ2) is 6.49. The maximum atomic E-state index is 11.9. The summed E-state index contributed by atoms with van der Waals surface area (Å²) in [6.07, 6.45) is 1.96. The van der Waals surface area contributed by atoms with Gasteiger partial charge in [0.15, 0.2) is 6.61 Å². The van der Waals surface area contributed by atoms with Crippen LogP contribution in [0.1, 0.15) is 22.8 Å². The normalized spacial score (nSPS) is 13.5. The number of ether oxygens (including phenoxy) is 1. The van der Waals surface area contributed by atoms with Gasteiger partial charge in [-0.25, -0.2) is 8.42 Å². The molecule has 0 atom stereocenters. The Hall–Kier alpha value is -1.99. The number of carbonyl (C=O) groups is 1. The van der Waals surface area contributed by atoms with Crippen LogP contribution in [0.25, 0.3) is 0 Å². The van der Waals surface area contributed by atoms with E-state index in [-0.39, 0.29) is 12.4 Å². The second-order valence-electron chi connectivity index (χ2n) is 5.49. The summed E-state index contributed by atoms with van der Waals surface area (Å²) in [5, 5.41) is 0. The summed E-state index contributed by atoms with van der Waals surface area (Å²) >= 11 is 1.44. The summed E-state index contributed by atoms with van der Waals surface area (Å²) in [6.45, 7) is 2.06. The summed E-state index contributed by atoms with van der Waals surface area (Å²) in [5.41, 5.74) is 2.07. The zero-order valence-electron chi connectivity index (χ0n) is 13.3. The first-order chi connectivity index (χ1) is 11.4. The van der Waals surface area contributed by atoms with Crippen LogP contribution in [0.15, 0.2) is 46.2 Å². The molecule has 2 aromatic carbocycles. The van der Waals surface area contributed by atoms with Crippen molar-refractivity contribution in [3.8, 4) is 5.75 Å². The molecule has 1 aliphatic rings. The predicted molar refractivity (Wildman–Crippen MR) is 94.7 cm³/mol. The van der Waals surface area contributed by atoms with Gasteiger partial charge < -0.3 is 4.74 Å². The lowest BCUT2D eigenvalue weighted by Crippen LogP contribution is -2.10. The van der Waals surface area contributed by atoms with Crippen LogP contribution in [0.4, 0.5) is 5.69 Å². The smallest absolute Gasteiger partial charge is 0.229 e. The van der Waals surface area contributed by atoms with E-state index in [0.717, 1.165) is 23.1 Å². The Morgan fingerprint density at radius 3 is 2.67 bits per heavy atom. The monoisotopic (exact) mass is 363 g/mol. The van der Waals surface area contributed by atoms with E-state index in [4.69, 9.17) is 4.74 Å². The van der Waals surface area contributed by atoms with Gasteiger partial charge in [0.05, 0.1) is 17.5 Å². The highest BCUT2D eigenvalue weighted by atomic mass is 32.2. The number of fused-ring (bicyclic) bond motifs is 1. The Bertz CT molecular complexity index is 907. The van der Waals surface area contributed by atoms with Gasteiger partial charge in [-0.15, -0.1) is 0 Å². The summed E-state index contributed by atoms with van der Waals surface area (Å²) < 4.78 is 31.2. The number of nitrogens with one attached hydrogen (secondary N) is 1. The lowest BCUT2D eigenvalue weighted by Gasteiger charge is -2.14. The molecule has 7 heteroatoms. The highest BCUT2D eigenvalue weighted by Crippen LogP contribution is 2.41. The summed E-state index contributed by atoms with van der Waals surface area (Å²) in [7, 11) is -3.44. The topological polar surface area (TPSA) is 72.5 Å². The Morgan fingerprint density at radius 2 is 1.96 bits per heavy atom. The van der Waals surface area contributed by atoms with Crippen molar-refractivity contribution in [1.29, 1.82) is 0 Å². The standard InChI is InChI=1S/C17H17NO4S2/c1-3-11-6-4-5-7-16(11)23-17-8-12-14(19)10-22-15(12)9-13(17)18-24(2,20)21/h4-9,18H,3,10H2,1-2H3. The number of hydrogen-bond acceptors (Lipinski definition) is 5. The molecule has 0 saturated carbocycles. The number of carbonyl (C=O) groups excluding carboxylic acids is 1. The van der Waals surface area contributed by atoms with Crippen LogP contribution in [0.5, 0.6) is 5.75 Å². The fourth-order valence-electron chi connectivity index (χ4n) is 2.50. The predicted octanol–water partition coefficient (Wildman–Crippen LogP) is 3.35. The minimum Gasteiger partial charge on any atom is -0.485 e. The van der Waals surface area contributed by atoms with Gasteiger partial charge in [0, 0.05) is 15.9 Å². The van der Waals surface area contributed by atoms with E-state index in [1.165, 1.54) is 11.8 Å². The van der Waals surface area contributed by atoms with Crippen molar-refractivity contribution in [2.24, 2.45) is 0 Å². The van der Waals surface area contributed by atoms with Crippen LogP contribution in [0.2, 0.25) is 0 Å². The van der Waals surface area contributed by atoms with Crippen molar-refractivity contribution in [2.75, 3.05) is 17.6 Å². The molecule has 0 bridgehead atoms. The Morgan fingerprint density at radius 1 is 1.21 bits per heavy atom. The molecule has 0 aromatic heterocycles. The van der Waals surface area contributed by atoms with Crippen molar-refractivity contribution >= 4 is 33.3 Å². The SMILES string of the molecule is CCc1ccccc1Sc1cc2c(cc1NS(C)(=O)=O)OCC2=O. The molecule has 5 nitrogen and oxygen atoms in total. The van der Waals surface area contributed by atoms with E-state index in [1.807, 2.05) is 24.3 Å². The maximum absolute atomic E-state index is 11.9. The van der Waals surface area contributed by atoms with E-state index < -0.39 is 10.0 Å². The third-order valence-corrected chi connectivity index (χ3v) is 5.38. The van der Waals surface area contributed by atoms with E-state index in [0.29, 0.717) is 21.9 Å². The quantitative estimate of drug-likeness (QED) is 0.882.